The Hall–Kier alpha value is -1.68. The first-order valence-electron chi connectivity index (χ1n) is 7.90. The Balaban J connectivity index is 2.47. The van der Waals surface area contributed by atoms with Crippen LogP contribution in [0.5, 0.6) is 11.5 Å². The first-order valence-corrected chi connectivity index (χ1v) is 9.39. The fraction of sp³-hybridized carbons (Fsp3) is 0.353. The van der Waals surface area contributed by atoms with Crippen LogP contribution in [0.4, 0.5) is 0 Å². The van der Waals surface area contributed by atoms with E-state index in [-0.39, 0.29) is 10.7 Å². The van der Waals surface area contributed by atoms with E-state index in [0.717, 1.165) is 3.57 Å². The zero-order valence-electron chi connectivity index (χ0n) is 14.2. The summed E-state index contributed by atoms with van der Waals surface area (Å²) in [6.07, 6.45) is 1.54. The summed E-state index contributed by atoms with van der Waals surface area (Å²) in [5, 5.41) is 2.67. The minimum Gasteiger partial charge on any atom is -0.490 e. The van der Waals surface area contributed by atoms with Crippen LogP contribution in [0.15, 0.2) is 17.7 Å². The highest BCUT2D eigenvalue weighted by Crippen LogP contribution is 2.35. The maximum atomic E-state index is 12.5. The molecule has 1 saturated heterocycles. The highest BCUT2D eigenvalue weighted by molar-refractivity contribution is 14.1. The summed E-state index contributed by atoms with van der Waals surface area (Å²) in [7, 11) is 0. The second kappa shape index (κ2) is 8.61. The number of nitrogens with zero attached hydrogens (tertiary/aromatic N) is 1. The van der Waals surface area contributed by atoms with Crippen molar-refractivity contribution in [3.63, 3.8) is 0 Å². The summed E-state index contributed by atoms with van der Waals surface area (Å²) in [5.41, 5.74) is 0.719. The van der Waals surface area contributed by atoms with Gasteiger partial charge in [0.05, 0.1) is 16.8 Å². The number of amides is 2. The van der Waals surface area contributed by atoms with Gasteiger partial charge in [-0.1, -0.05) is 0 Å². The smallest absolute Gasteiger partial charge is 0.265 e. The van der Waals surface area contributed by atoms with Crippen LogP contribution >= 0.6 is 34.8 Å². The van der Waals surface area contributed by atoms with Crippen molar-refractivity contribution < 1.29 is 19.1 Å². The minimum atomic E-state index is -0.499. The van der Waals surface area contributed by atoms with E-state index >= 15 is 0 Å². The first kappa shape index (κ1) is 19.6. The van der Waals surface area contributed by atoms with E-state index in [1.807, 2.05) is 19.9 Å². The Morgan fingerprint density at radius 3 is 2.48 bits per heavy atom. The largest absolute Gasteiger partial charge is 0.490 e. The first-order chi connectivity index (χ1) is 11.9. The number of ether oxygens (including phenoxy) is 2. The molecule has 1 aliphatic rings. The molecule has 134 valence electrons. The normalized spacial score (nSPS) is 16.2. The molecular weight excluding hydrogens is 455 g/mol. The van der Waals surface area contributed by atoms with Crippen molar-refractivity contribution in [2.75, 3.05) is 19.8 Å². The number of benzene rings is 1. The topological polar surface area (TPSA) is 67.9 Å². The molecule has 2 rings (SSSR count). The van der Waals surface area contributed by atoms with Crippen molar-refractivity contribution in [2.24, 2.45) is 0 Å². The summed E-state index contributed by atoms with van der Waals surface area (Å²) in [6.45, 7) is 6.96. The number of carbonyl (C=O) groups is 2. The van der Waals surface area contributed by atoms with Crippen LogP contribution in [0.1, 0.15) is 26.3 Å². The van der Waals surface area contributed by atoms with E-state index < -0.39 is 11.8 Å². The van der Waals surface area contributed by atoms with Gasteiger partial charge in [0, 0.05) is 6.54 Å². The molecule has 2 amide bonds. The van der Waals surface area contributed by atoms with E-state index in [0.29, 0.717) is 36.8 Å². The van der Waals surface area contributed by atoms with Crippen LogP contribution < -0.4 is 14.8 Å². The van der Waals surface area contributed by atoms with Gasteiger partial charge in [0.25, 0.3) is 11.8 Å². The predicted molar refractivity (Wildman–Crippen MR) is 108 cm³/mol. The molecule has 1 heterocycles. The fourth-order valence-electron chi connectivity index (χ4n) is 2.37. The molecule has 0 aliphatic carbocycles. The van der Waals surface area contributed by atoms with Gasteiger partial charge in [-0.25, -0.2) is 0 Å². The van der Waals surface area contributed by atoms with Crippen LogP contribution in [0.2, 0.25) is 0 Å². The van der Waals surface area contributed by atoms with Gasteiger partial charge in [-0.15, -0.1) is 0 Å². The number of likely N-dealkylation sites (N-methyl/N-ethyl adjacent to an activating group) is 1. The van der Waals surface area contributed by atoms with E-state index in [9.17, 15) is 9.59 Å². The molecule has 1 aromatic carbocycles. The van der Waals surface area contributed by atoms with Gasteiger partial charge in [0.15, 0.2) is 16.6 Å². The van der Waals surface area contributed by atoms with Crippen LogP contribution in [-0.4, -0.2) is 41.6 Å². The monoisotopic (exact) mass is 474 g/mol. The van der Waals surface area contributed by atoms with Gasteiger partial charge < -0.3 is 9.47 Å². The summed E-state index contributed by atoms with van der Waals surface area (Å²) in [5.74, 6) is 0.331. The molecule has 25 heavy (non-hydrogen) atoms. The molecule has 1 aromatic rings. The molecule has 0 radical (unpaired) electrons. The van der Waals surface area contributed by atoms with Crippen LogP contribution in [0.25, 0.3) is 6.08 Å². The molecule has 1 N–H and O–H groups in total. The number of halogens is 1. The van der Waals surface area contributed by atoms with Crippen molar-refractivity contribution in [1.29, 1.82) is 0 Å². The lowest BCUT2D eigenvalue weighted by atomic mass is 10.1. The minimum absolute atomic E-state index is 0.0397. The Kier molecular flexibility index (Phi) is 6.77. The average Bonchev–Trinajstić information content (AvgIpc) is 2.55. The van der Waals surface area contributed by atoms with Crippen LogP contribution in [0, 0.1) is 3.57 Å². The van der Waals surface area contributed by atoms with Crippen LogP contribution in [0.3, 0.4) is 0 Å². The second-order valence-corrected chi connectivity index (χ2v) is 6.61. The zero-order valence-corrected chi connectivity index (χ0v) is 17.2. The highest BCUT2D eigenvalue weighted by atomic mass is 127. The van der Waals surface area contributed by atoms with E-state index in [1.165, 1.54) is 4.90 Å². The quantitative estimate of drug-likeness (QED) is 0.297. The Labute approximate surface area is 165 Å². The summed E-state index contributed by atoms with van der Waals surface area (Å²) in [6, 6.07) is 3.60. The van der Waals surface area contributed by atoms with Crippen LogP contribution in [-0.2, 0) is 9.59 Å². The summed E-state index contributed by atoms with van der Waals surface area (Å²) >= 11 is 7.17. The van der Waals surface area contributed by atoms with Crippen molar-refractivity contribution in [3.05, 3.63) is 26.8 Å². The number of rotatable bonds is 6. The lowest BCUT2D eigenvalue weighted by molar-refractivity contribution is -0.128. The summed E-state index contributed by atoms with van der Waals surface area (Å²) < 4.78 is 12.1. The Morgan fingerprint density at radius 1 is 1.20 bits per heavy atom. The molecule has 1 aliphatic heterocycles. The molecule has 0 saturated carbocycles. The van der Waals surface area contributed by atoms with Gasteiger partial charge in [-0.2, -0.15) is 0 Å². The standard InChI is InChI=1S/C17H19IN2O4S/c1-4-20-16(22)11(15(21)19-17(20)25)7-10-8-12(18)14(24-6-3)13(9-10)23-5-2/h7-9H,4-6H2,1-3H3,(H,19,21,25)/b11-7+. The van der Waals surface area contributed by atoms with Gasteiger partial charge in [-0.3, -0.25) is 19.8 Å². The van der Waals surface area contributed by atoms with Gasteiger partial charge in [-0.05, 0) is 79.4 Å². The molecule has 0 aromatic heterocycles. The lowest BCUT2D eigenvalue weighted by Crippen LogP contribution is -2.53. The molecule has 8 heteroatoms. The maximum Gasteiger partial charge on any atom is 0.265 e. The van der Waals surface area contributed by atoms with Gasteiger partial charge in [0.2, 0.25) is 0 Å². The molecule has 0 unspecified atom stereocenters. The van der Waals surface area contributed by atoms with Crippen molar-refractivity contribution >= 4 is 57.8 Å². The highest BCUT2D eigenvalue weighted by Gasteiger charge is 2.32. The predicted octanol–water partition coefficient (Wildman–Crippen LogP) is 2.74. The Bertz CT molecular complexity index is 748. The maximum absolute atomic E-state index is 12.5. The number of thiocarbonyl (C=S) groups is 1. The van der Waals surface area contributed by atoms with Gasteiger partial charge >= 0.3 is 0 Å². The third-order valence-electron chi connectivity index (χ3n) is 3.43. The molecule has 1 fully saturated rings. The average molecular weight is 474 g/mol. The van der Waals surface area contributed by atoms with Gasteiger partial charge in [0.1, 0.15) is 5.57 Å². The molecule has 0 atom stereocenters. The third-order valence-corrected chi connectivity index (χ3v) is 4.56. The number of nitrogens with one attached hydrogen (secondary N) is 1. The Morgan fingerprint density at radius 2 is 1.88 bits per heavy atom. The number of carbonyl (C=O) groups excluding carboxylic acids is 2. The van der Waals surface area contributed by atoms with E-state index in [4.69, 9.17) is 21.7 Å². The second-order valence-electron chi connectivity index (χ2n) is 5.06. The van der Waals surface area contributed by atoms with Crippen molar-refractivity contribution in [2.45, 2.75) is 20.8 Å². The third kappa shape index (κ3) is 4.30. The van der Waals surface area contributed by atoms with E-state index in [2.05, 4.69) is 27.9 Å². The SMILES string of the molecule is CCOc1cc(/C=C2\C(=O)NC(=S)N(CC)C2=O)cc(I)c1OCC. The summed E-state index contributed by atoms with van der Waals surface area (Å²) in [4.78, 5) is 26.0. The van der Waals surface area contributed by atoms with Crippen molar-refractivity contribution in [3.8, 4) is 11.5 Å². The zero-order chi connectivity index (χ0) is 18.6. The van der Waals surface area contributed by atoms with E-state index in [1.54, 1.807) is 19.1 Å². The number of hydrogen-bond donors (Lipinski definition) is 1. The molecular formula is C17H19IN2O4S. The lowest BCUT2D eigenvalue weighted by Gasteiger charge is -2.27. The van der Waals surface area contributed by atoms with Crippen molar-refractivity contribution in [1.82, 2.24) is 10.2 Å². The molecule has 0 bridgehead atoms. The molecule has 6 nitrogen and oxygen atoms in total. The number of hydrogen-bond acceptors (Lipinski definition) is 5. The molecule has 0 spiro atoms. The fourth-order valence-corrected chi connectivity index (χ4v) is 3.45.